The monoisotopic (exact) mass is 310 g/mol. The molecular formula is C16H23FN2O3. The minimum Gasteiger partial charge on any atom is -0.379 e. The summed E-state index contributed by atoms with van der Waals surface area (Å²) < 4.78 is 23.7. The molecule has 1 aromatic carbocycles. The molecule has 2 N–H and O–H groups in total. The van der Waals surface area contributed by atoms with Crippen molar-refractivity contribution in [3.05, 3.63) is 35.6 Å². The molecule has 1 atom stereocenters. The lowest BCUT2D eigenvalue weighted by molar-refractivity contribution is 0.0168. The molecule has 0 saturated carbocycles. The highest BCUT2D eigenvalue weighted by molar-refractivity contribution is 5.73. The topological polar surface area (TPSA) is 59.6 Å². The molecule has 0 bridgehead atoms. The molecule has 1 fully saturated rings. The van der Waals surface area contributed by atoms with Crippen molar-refractivity contribution in [2.24, 2.45) is 0 Å². The maximum Gasteiger partial charge on any atom is 0.315 e. The van der Waals surface area contributed by atoms with Gasteiger partial charge in [-0.15, -0.1) is 0 Å². The average Bonchev–Trinajstić information content (AvgIpc) is 3.03. The van der Waals surface area contributed by atoms with Gasteiger partial charge in [-0.1, -0.05) is 12.1 Å². The van der Waals surface area contributed by atoms with Crippen molar-refractivity contribution < 1.29 is 18.7 Å². The van der Waals surface area contributed by atoms with Crippen LogP contribution in [0.4, 0.5) is 9.18 Å². The zero-order chi connectivity index (χ0) is 15.6. The molecule has 5 nitrogen and oxygen atoms in total. The van der Waals surface area contributed by atoms with Crippen LogP contribution in [-0.2, 0) is 16.0 Å². The van der Waals surface area contributed by atoms with Crippen molar-refractivity contribution in [1.29, 1.82) is 0 Å². The van der Waals surface area contributed by atoms with Crippen LogP contribution in [0.15, 0.2) is 24.3 Å². The van der Waals surface area contributed by atoms with Crippen molar-refractivity contribution in [3.8, 4) is 0 Å². The molecule has 1 saturated heterocycles. The van der Waals surface area contributed by atoms with E-state index in [4.69, 9.17) is 9.47 Å². The first kappa shape index (κ1) is 16.7. The van der Waals surface area contributed by atoms with Crippen LogP contribution < -0.4 is 10.6 Å². The Morgan fingerprint density at radius 3 is 2.86 bits per heavy atom. The molecule has 0 aromatic heterocycles. The molecule has 0 aliphatic carbocycles. The van der Waals surface area contributed by atoms with E-state index < -0.39 is 0 Å². The minimum atomic E-state index is -0.281. The molecule has 6 heteroatoms. The van der Waals surface area contributed by atoms with Crippen LogP contribution in [0.1, 0.15) is 24.8 Å². The summed E-state index contributed by atoms with van der Waals surface area (Å²) in [4.78, 5) is 11.6. The zero-order valence-electron chi connectivity index (χ0n) is 12.6. The van der Waals surface area contributed by atoms with E-state index in [1.807, 2.05) is 0 Å². The third kappa shape index (κ3) is 6.41. The van der Waals surface area contributed by atoms with E-state index in [0.717, 1.165) is 31.4 Å². The summed E-state index contributed by atoms with van der Waals surface area (Å²) in [5.74, 6) is -0.281. The highest BCUT2D eigenvalue weighted by atomic mass is 19.1. The molecule has 0 radical (unpaired) electrons. The smallest absolute Gasteiger partial charge is 0.315 e. The second-order valence-corrected chi connectivity index (χ2v) is 5.30. The fourth-order valence-corrected chi connectivity index (χ4v) is 2.21. The number of ether oxygens (including phenoxy) is 2. The molecule has 2 rings (SSSR count). The van der Waals surface area contributed by atoms with E-state index in [1.165, 1.54) is 12.1 Å². The van der Waals surface area contributed by atoms with Crippen molar-refractivity contribution in [2.45, 2.75) is 31.9 Å². The number of carbonyl (C=O) groups is 1. The van der Waals surface area contributed by atoms with Gasteiger partial charge in [0.2, 0.25) is 0 Å². The van der Waals surface area contributed by atoms with Crippen molar-refractivity contribution in [1.82, 2.24) is 10.6 Å². The average molecular weight is 310 g/mol. The number of halogens is 1. The van der Waals surface area contributed by atoms with Gasteiger partial charge in [-0.05, 0) is 37.0 Å². The summed E-state index contributed by atoms with van der Waals surface area (Å²) in [6.07, 6.45) is 3.19. The van der Waals surface area contributed by atoms with Gasteiger partial charge in [0.15, 0.2) is 0 Å². The Kier molecular flexibility index (Phi) is 7.12. The number of hydrogen-bond donors (Lipinski definition) is 2. The lowest BCUT2D eigenvalue weighted by Crippen LogP contribution is -2.35. The summed E-state index contributed by atoms with van der Waals surface area (Å²) in [6, 6.07) is 5.81. The lowest BCUT2D eigenvalue weighted by Gasteiger charge is -2.10. The maximum atomic E-state index is 12.7. The van der Waals surface area contributed by atoms with E-state index in [1.54, 1.807) is 12.1 Å². The first-order valence-electron chi connectivity index (χ1n) is 7.69. The van der Waals surface area contributed by atoms with Crippen LogP contribution >= 0.6 is 0 Å². The van der Waals surface area contributed by atoms with Gasteiger partial charge in [0.1, 0.15) is 5.82 Å². The summed E-state index contributed by atoms with van der Waals surface area (Å²) >= 11 is 0. The molecule has 1 unspecified atom stereocenters. The van der Waals surface area contributed by atoms with E-state index in [0.29, 0.717) is 26.3 Å². The minimum absolute atomic E-state index is 0.233. The quantitative estimate of drug-likeness (QED) is 0.724. The number of nitrogens with one attached hydrogen (secondary N) is 2. The number of rotatable bonds is 8. The largest absolute Gasteiger partial charge is 0.379 e. The second-order valence-electron chi connectivity index (χ2n) is 5.30. The Morgan fingerprint density at radius 2 is 2.14 bits per heavy atom. The number of benzene rings is 1. The SMILES string of the molecule is O=C(NCCCOCC1CCCO1)NCc1ccc(F)cc1. The van der Waals surface area contributed by atoms with E-state index >= 15 is 0 Å². The van der Waals surface area contributed by atoms with E-state index in [-0.39, 0.29) is 18.0 Å². The van der Waals surface area contributed by atoms with Crippen molar-refractivity contribution in [3.63, 3.8) is 0 Å². The molecule has 1 heterocycles. The Labute approximate surface area is 130 Å². The van der Waals surface area contributed by atoms with Crippen molar-refractivity contribution in [2.75, 3.05) is 26.4 Å². The Hall–Kier alpha value is -1.66. The Morgan fingerprint density at radius 1 is 1.32 bits per heavy atom. The van der Waals surface area contributed by atoms with Gasteiger partial charge in [-0.3, -0.25) is 0 Å². The lowest BCUT2D eigenvalue weighted by atomic mass is 10.2. The van der Waals surface area contributed by atoms with Gasteiger partial charge in [0.05, 0.1) is 12.7 Å². The molecule has 0 spiro atoms. The highest BCUT2D eigenvalue weighted by Gasteiger charge is 2.14. The Bertz CT molecular complexity index is 447. The normalized spacial score (nSPS) is 17.4. The molecular weight excluding hydrogens is 287 g/mol. The third-order valence-electron chi connectivity index (χ3n) is 3.45. The molecule has 1 aliphatic heterocycles. The number of carbonyl (C=O) groups excluding carboxylic acids is 1. The van der Waals surface area contributed by atoms with E-state index in [2.05, 4.69) is 10.6 Å². The van der Waals surface area contributed by atoms with Crippen LogP contribution in [0.25, 0.3) is 0 Å². The maximum absolute atomic E-state index is 12.7. The summed E-state index contributed by atoms with van der Waals surface area (Å²) in [6.45, 7) is 3.01. The molecule has 22 heavy (non-hydrogen) atoms. The van der Waals surface area contributed by atoms with Crippen LogP contribution in [0.3, 0.4) is 0 Å². The molecule has 1 aliphatic rings. The summed E-state index contributed by atoms with van der Waals surface area (Å²) in [5, 5.41) is 5.48. The van der Waals surface area contributed by atoms with Gasteiger partial charge in [0, 0.05) is 26.3 Å². The zero-order valence-corrected chi connectivity index (χ0v) is 12.6. The van der Waals surface area contributed by atoms with Crippen LogP contribution in [0.5, 0.6) is 0 Å². The van der Waals surface area contributed by atoms with Gasteiger partial charge in [-0.2, -0.15) is 0 Å². The number of urea groups is 1. The predicted molar refractivity (Wildman–Crippen MR) is 81.0 cm³/mol. The highest BCUT2D eigenvalue weighted by Crippen LogP contribution is 2.11. The summed E-state index contributed by atoms with van der Waals surface area (Å²) in [5.41, 5.74) is 0.858. The van der Waals surface area contributed by atoms with Crippen molar-refractivity contribution >= 4 is 6.03 Å². The van der Waals surface area contributed by atoms with Gasteiger partial charge in [-0.25, -0.2) is 9.18 Å². The van der Waals surface area contributed by atoms with Gasteiger partial charge in [0.25, 0.3) is 0 Å². The van der Waals surface area contributed by atoms with Crippen LogP contribution in [0.2, 0.25) is 0 Å². The van der Waals surface area contributed by atoms with Crippen LogP contribution in [0, 0.1) is 5.82 Å². The van der Waals surface area contributed by atoms with Gasteiger partial charge < -0.3 is 20.1 Å². The standard InChI is InChI=1S/C16H23FN2O3/c17-14-6-4-13(5-7-14)11-19-16(20)18-8-2-9-21-12-15-3-1-10-22-15/h4-7,15H,1-3,8-12H2,(H2,18,19,20). The third-order valence-corrected chi connectivity index (χ3v) is 3.45. The summed E-state index contributed by atoms with van der Waals surface area (Å²) in [7, 11) is 0. The number of amides is 2. The fraction of sp³-hybridized carbons (Fsp3) is 0.562. The Balaban J connectivity index is 1.46. The molecule has 2 amide bonds. The first-order valence-corrected chi connectivity index (χ1v) is 7.69. The molecule has 1 aromatic rings. The first-order chi connectivity index (χ1) is 10.7. The predicted octanol–water partition coefficient (Wildman–Crippen LogP) is 2.21. The van der Waals surface area contributed by atoms with Crippen LogP contribution in [-0.4, -0.2) is 38.5 Å². The number of hydrogen-bond acceptors (Lipinski definition) is 3. The second kappa shape index (κ2) is 9.38. The fourth-order valence-electron chi connectivity index (χ4n) is 2.21. The van der Waals surface area contributed by atoms with Gasteiger partial charge >= 0.3 is 6.03 Å². The molecule has 122 valence electrons. The van der Waals surface area contributed by atoms with E-state index in [9.17, 15) is 9.18 Å².